The van der Waals surface area contributed by atoms with Gasteiger partial charge in [-0.3, -0.25) is 0 Å². The first-order chi connectivity index (χ1) is 9.45. The van der Waals surface area contributed by atoms with E-state index in [0.717, 1.165) is 25.3 Å². The van der Waals surface area contributed by atoms with Gasteiger partial charge in [0.15, 0.2) is 0 Å². The van der Waals surface area contributed by atoms with Crippen LogP contribution in [0.5, 0.6) is 5.75 Å². The van der Waals surface area contributed by atoms with Crippen LogP contribution in [0.4, 0.5) is 5.69 Å². The van der Waals surface area contributed by atoms with Gasteiger partial charge in [-0.05, 0) is 43.5 Å². The van der Waals surface area contributed by atoms with Gasteiger partial charge in [0.1, 0.15) is 5.75 Å². The molecule has 0 atom stereocenters. The molecule has 0 bridgehead atoms. The Morgan fingerprint density at radius 2 is 1.42 bits per heavy atom. The van der Waals surface area contributed by atoms with Crippen molar-refractivity contribution in [3.63, 3.8) is 0 Å². The summed E-state index contributed by atoms with van der Waals surface area (Å²) in [5, 5.41) is 3.41. The summed E-state index contributed by atoms with van der Waals surface area (Å²) in [6, 6.07) is 20.3. The lowest BCUT2D eigenvalue weighted by Gasteiger charge is -2.07. The largest absolute Gasteiger partial charge is 0.494 e. The summed E-state index contributed by atoms with van der Waals surface area (Å²) in [7, 11) is 0. The zero-order valence-corrected chi connectivity index (χ0v) is 11.2. The van der Waals surface area contributed by atoms with Gasteiger partial charge in [-0.15, -0.1) is 0 Å². The second-order valence-corrected chi connectivity index (χ2v) is 4.51. The predicted molar refractivity (Wildman–Crippen MR) is 80.7 cm³/mol. The Bertz CT molecular complexity index is 398. The van der Waals surface area contributed by atoms with E-state index in [1.165, 1.54) is 18.5 Å². The molecule has 0 aliphatic rings. The van der Waals surface area contributed by atoms with Crippen LogP contribution >= 0.6 is 0 Å². The maximum atomic E-state index is 5.65. The molecule has 2 nitrogen and oxygen atoms in total. The van der Waals surface area contributed by atoms with E-state index in [-0.39, 0.29) is 0 Å². The van der Waals surface area contributed by atoms with Crippen molar-refractivity contribution in [3.8, 4) is 5.75 Å². The van der Waals surface area contributed by atoms with Crippen molar-refractivity contribution in [2.24, 2.45) is 0 Å². The number of hydrogen-bond donors (Lipinski definition) is 1. The molecule has 0 aromatic heterocycles. The molecule has 0 aliphatic heterocycles. The molecule has 19 heavy (non-hydrogen) atoms. The van der Waals surface area contributed by atoms with Crippen molar-refractivity contribution in [1.82, 2.24) is 0 Å². The molecular formula is C17H21NO. The van der Waals surface area contributed by atoms with Gasteiger partial charge in [0.25, 0.3) is 0 Å². The highest BCUT2D eigenvalue weighted by atomic mass is 16.5. The summed E-state index contributed by atoms with van der Waals surface area (Å²) >= 11 is 0. The lowest BCUT2D eigenvalue weighted by molar-refractivity contribution is 0.306. The van der Waals surface area contributed by atoms with Gasteiger partial charge in [0.2, 0.25) is 0 Å². The average Bonchev–Trinajstić information content (AvgIpc) is 2.48. The summed E-state index contributed by atoms with van der Waals surface area (Å²) in [5.74, 6) is 0.963. The SMILES string of the molecule is c1ccc(NCCCCCOc2ccccc2)cc1. The molecule has 0 unspecified atom stereocenters. The minimum Gasteiger partial charge on any atom is -0.494 e. The fourth-order valence-corrected chi connectivity index (χ4v) is 1.90. The van der Waals surface area contributed by atoms with Gasteiger partial charge < -0.3 is 10.1 Å². The monoisotopic (exact) mass is 255 g/mol. The van der Waals surface area contributed by atoms with Gasteiger partial charge in [0.05, 0.1) is 6.61 Å². The van der Waals surface area contributed by atoms with Gasteiger partial charge in [-0.25, -0.2) is 0 Å². The molecule has 0 saturated heterocycles. The number of nitrogens with one attached hydrogen (secondary N) is 1. The predicted octanol–water partition coefficient (Wildman–Crippen LogP) is 4.35. The van der Waals surface area contributed by atoms with Crippen LogP contribution in [0.15, 0.2) is 60.7 Å². The molecule has 0 radical (unpaired) electrons. The maximum absolute atomic E-state index is 5.65. The molecule has 0 amide bonds. The Labute approximate surface area is 115 Å². The Balaban J connectivity index is 1.49. The van der Waals surface area contributed by atoms with Crippen molar-refractivity contribution in [1.29, 1.82) is 0 Å². The van der Waals surface area contributed by atoms with Crippen LogP contribution in [-0.4, -0.2) is 13.2 Å². The van der Waals surface area contributed by atoms with Crippen LogP contribution in [0.25, 0.3) is 0 Å². The Kier molecular flexibility index (Phi) is 5.81. The number of anilines is 1. The summed E-state index contributed by atoms with van der Waals surface area (Å²) in [6.07, 6.45) is 3.46. The normalized spacial score (nSPS) is 10.1. The molecule has 2 aromatic carbocycles. The van der Waals surface area contributed by atoms with E-state index in [1.54, 1.807) is 0 Å². The summed E-state index contributed by atoms with van der Waals surface area (Å²) in [5.41, 5.74) is 1.20. The van der Waals surface area contributed by atoms with E-state index in [4.69, 9.17) is 4.74 Å². The lowest BCUT2D eigenvalue weighted by Crippen LogP contribution is -2.03. The van der Waals surface area contributed by atoms with Gasteiger partial charge >= 0.3 is 0 Å². The van der Waals surface area contributed by atoms with Gasteiger partial charge in [0, 0.05) is 12.2 Å². The zero-order valence-electron chi connectivity index (χ0n) is 11.2. The van der Waals surface area contributed by atoms with E-state index in [9.17, 15) is 0 Å². The molecule has 100 valence electrons. The van der Waals surface area contributed by atoms with Crippen LogP contribution in [-0.2, 0) is 0 Å². The quantitative estimate of drug-likeness (QED) is 0.708. The first-order valence-electron chi connectivity index (χ1n) is 6.92. The highest BCUT2D eigenvalue weighted by Crippen LogP contribution is 2.09. The van der Waals surface area contributed by atoms with Gasteiger partial charge in [-0.1, -0.05) is 36.4 Å². The molecule has 0 spiro atoms. The summed E-state index contributed by atoms with van der Waals surface area (Å²) in [6.45, 7) is 1.82. The number of hydrogen-bond acceptors (Lipinski definition) is 2. The molecule has 2 aromatic rings. The molecule has 0 heterocycles. The molecule has 0 aliphatic carbocycles. The standard InChI is InChI=1S/C17H21NO/c1-4-10-16(11-5-1)18-14-8-3-9-15-19-17-12-6-2-7-13-17/h1-2,4-7,10-13,18H,3,8-9,14-15H2. The third kappa shape index (κ3) is 5.47. The topological polar surface area (TPSA) is 21.3 Å². The average molecular weight is 255 g/mol. The highest BCUT2D eigenvalue weighted by Gasteiger charge is 1.93. The molecule has 1 N–H and O–H groups in total. The van der Waals surface area contributed by atoms with Crippen molar-refractivity contribution in [2.75, 3.05) is 18.5 Å². The summed E-state index contributed by atoms with van der Waals surface area (Å²) in [4.78, 5) is 0. The third-order valence-electron chi connectivity index (χ3n) is 2.94. The van der Waals surface area contributed by atoms with E-state index in [2.05, 4.69) is 29.6 Å². The maximum Gasteiger partial charge on any atom is 0.119 e. The van der Waals surface area contributed by atoms with Crippen molar-refractivity contribution < 1.29 is 4.74 Å². The van der Waals surface area contributed by atoms with Crippen LogP contribution in [0.3, 0.4) is 0 Å². The van der Waals surface area contributed by atoms with Crippen LogP contribution in [0.1, 0.15) is 19.3 Å². The number of unbranched alkanes of at least 4 members (excludes halogenated alkanes) is 2. The minimum atomic E-state index is 0.801. The smallest absolute Gasteiger partial charge is 0.119 e. The van der Waals surface area contributed by atoms with Gasteiger partial charge in [-0.2, -0.15) is 0 Å². The number of para-hydroxylation sites is 2. The zero-order chi connectivity index (χ0) is 13.2. The first-order valence-corrected chi connectivity index (χ1v) is 6.92. The molecule has 2 rings (SSSR count). The Hall–Kier alpha value is -1.96. The van der Waals surface area contributed by atoms with Crippen LogP contribution < -0.4 is 10.1 Å². The van der Waals surface area contributed by atoms with E-state index in [0.29, 0.717) is 0 Å². The molecular weight excluding hydrogens is 234 g/mol. The van der Waals surface area contributed by atoms with Crippen LogP contribution in [0.2, 0.25) is 0 Å². The second kappa shape index (κ2) is 8.20. The van der Waals surface area contributed by atoms with Crippen molar-refractivity contribution >= 4 is 5.69 Å². The van der Waals surface area contributed by atoms with E-state index < -0.39 is 0 Å². The van der Waals surface area contributed by atoms with E-state index in [1.807, 2.05) is 36.4 Å². The summed E-state index contributed by atoms with van der Waals surface area (Å²) < 4.78 is 5.65. The second-order valence-electron chi connectivity index (χ2n) is 4.51. The lowest BCUT2D eigenvalue weighted by atomic mass is 10.2. The number of ether oxygens (including phenoxy) is 1. The first kappa shape index (κ1) is 13.5. The fraction of sp³-hybridized carbons (Fsp3) is 0.294. The minimum absolute atomic E-state index is 0.801. The molecule has 0 fully saturated rings. The van der Waals surface area contributed by atoms with Crippen LogP contribution in [0, 0.1) is 0 Å². The Morgan fingerprint density at radius 3 is 2.16 bits per heavy atom. The van der Waals surface area contributed by atoms with Crippen molar-refractivity contribution in [2.45, 2.75) is 19.3 Å². The van der Waals surface area contributed by atoms with E-state index >= 15 is 0 Å². The number of benzene rings is 2. The molecule has 2 heteroatoms. The molecule has 0 saturated carbocycles. The highest BCUT2D eigenvalue weighted by molar-refractivity contribution is 5.42. The van der Waals surface area contributed by atoms with Crippen molar-refractivity contribution in [3.05, 3.63) is 60.7 Å². The number of rotatable bonds is 8. The Morgan fingerprint density at radius 1 is 0.737 bits per heavy atom. The fourth-order valence-electron chi connectivity index (χ4n) is 1.90. The third-order valence-corrected chi connectivity index (χ3v) is 2.94.